The Kier molecular flexibility index (Phi) is 5.79. The van der Waals surface area contributed by atoms with E-state index in [1.165, 1.54) is 15.6 Å². The summed E-state index contributed by atoms with van der Waals surface area (Å²) in [6.45, 7) is 5.80. The normalized spacial score (nSPS) is 12.6. The molecule has 4 nitrogen and oxygen atoms in total. The number of halogens is 1. The van der Waals surface area contributed by atoms with Gasteiger partial charge in [-0.15, -0.1) is 11.3 Å². The molecule has 1 aromatic heterocycles. The molecule has 1 aromatic rings. The van der Waals surface area contributed by atoms with Crippen molar-refractivity contribution in [3.63, 3.8) is 0 Å². The zero-order valence-corrected chi connectivity index (χ0v) is 13.9. The molecule has 0 bridgehead atoms. The highest BCUT2D eigenvalue weighted by Gasteiger charge is 2.29. The van der Waals surface area contributed by atoms with Gasteiger partial charge in [-0.2, -0.15) is 4.31 Å². The number of nitrogens with zero attached hydrogens (tertiary/aromatic N) is 1. The SMILES string of the molecule is Cc1sc(Br)cc1S(=O)(=O)N(CCCO)C(C)C. The van der Waals surface area contributed by atoms with Crippen molar-refractivity contribution >= 4 is 37.3 Å². The van der Waals surface area contributed by atoms with Crippen molar-refractivity contribution in [1.29, 1.82) is 0 Å². The van der Waals surface area contributed by atoms with Crippen LogP contribution in [0.5, 0.6) is 0 Å². The first-order chi connectivity index (χ1) is 8.30. The standard InChI is InChI=1S/C11H18BrNO3S2/c1-8(2)13(5-4-6-14)18(15,16)10-7-11(12)17-9(10)3/h7-8,14H,4-6H2,1-3H3. The molecule has 0 spiro atoms. The molecule has 18 heavy (non-hydrogen) atoms. The quantitative estimate of drug-likeness (QED) is 0.852. The monoisotopic (exact) mass is 355 g/mol. The summed E-state index contributed by atoms with van der Waals surface area (Å²) in [6.07, 6.45) is 0.446. The number of aliphatic hydroxyl groups excluding tert-OH is 1. The number of rotatable bonds is 6. The van der Waals surface area contributed by atoms with Crippen LogP contribution in [0.4, 0.5) is 0 Å². The smallest absolute Gasteiger partial charge is 0.244 e. The molecule has 0 unspecified atom stereocenters. The zero-order chi connectivity index (χ0) is 13.9. The number of aliphatic hydroxyl groups is 1. The van der Waals surface area contributed by atoms with E-state index < -0.39 is 10.0 Å². The average molecular weight is 356 g/mol. The van der Waals surface area contributed by atoms with Crippen LogP contribution in [0.2, 0.25) is 0 Å². The largest absolute Gasteiger partial charge is 0.396 e. The minimum absolute atomic E-state index is 0.00888. The molecular formula is C11H18BrNO3S2. The van der Waals surface area contributed by atoms with Gasteiger partial charge in [0.1, 0.15) is 0 Å². The van der Waals surface area contributed by atoms with E-state index in [1.54, 1.807) is 13.0 Å². The molecule has 1 heterocycles. The molecule has 0 radical (unpaired) electrons. The molecule has 0 amide bonds. The molecule has 0 aliphatic carbocycles. The van der Waals surface area contributed by atoms with Crippen molar-refractivity contribution in [2.75, 3.05) is 13.2 Å². The van der Waals surface area contributed by atoms with Crippen molar-refractivity contribution in [3.8, 4) is 0 Å². The molecule has 0 saturated carbocycles. The Morgan fingerprint density at radius 2 is 2.11 bits per heavy atom. The second-order valence-electron chi connectivity index (χ2n) is 4.26. The van der Waals surface area contributed by atoms with Crippen molar-refractivity contribution in [3.05, 3.63) is 14.7 Å². The highest BCUT2D eigenvalue weighted by atomic mass is 79.9. The van der Waals surface area contributed by atoms with Gasteiger partial charge in [0.05, 0.1) is 8.68 Å². The Labute approximate surface area is 121 Å². The van der Waals surface area contributed by atoms with Crippen molar-refractivity contribution in [1.82, 2.24) is 4.31 Å². The van der Waals surface area contributed by atoms with Gasteiger partial charge in [0.25, 0.3) is 0 Å². The first-order valence-electron chi connectivity index (χ1n) is 5.69. The fourth-order valence-electron chi connectivity index (χ4n) is 1.70. The van der Waals surface area contributed by atoms with Gasteiger partial charge < -0.3 is 5.11 Å². The lowest BCUT2D eigenvalue weighted by atomic mass is 10.3. The first kappa shape index (κ1) is 16.1. The number of hydrogen-bond acceptors (Lipinski definition) is 4. The topological polar surface area (TPSA) is 57.6 Å². The van der Waals surface area contributed by atoms with Crippen LogP contribution in [-0.2, 0) is 10.0 Å². The molecule has 0 aliphatic rings. The maximum absolute atomic E-state index is 12.5. The lowest BCUT2D eigenvalue weighted by molar-refractivity contribution is 0.258. The predicted molar refractivity (Wildman–Crippen MR) is 77.5 cm³/mol. The maximum Gasteiger partial charge on any atom is 0.244 e. The van der Waals surface area contributed by atoms with Gasteiger partial charge in [-0.25, -0.2) is 8.42 Å². The summed E-state index contributed by atoms with van der Waals surface area (Å²) in [6, 6.07) is 1.52. The van der Waals surface area contributed by atoms with Crippen LogP contribution in [0.15, 0.2) is 14.7 Å². The molecule has 0 aromatic carbocycles. The van der Waals surface area contributed by atoms with Crippen molar-refractivity contribution < 1.29 is 13.5 Å². The van der Waals surface area contributed by atoms with Crippen LogP contribution < -0.4 is 0 Å². The first-order valence-corrected chi connectivity index (χ1v) is 8.74. The minimum Gasteiger partial charge on any atom is -0.396 e. The number of thiophene rings is 1. The molecule has 1 N–H and O–H groups in total. The van der Waals surface area contributed by atoms with E-state index in [-0.39, 0.29) is 12.6 Å². The van der Waals surface area contributed by atoms with Crippen LogP contribution >= 0.6 is 27.3 Å². The van der Waals surface area contributed by atoms with Gasteiger partial charge >= 0.3 is 0 Å². The van der Waals surface area contributed by atoms with E-state index in [4.69, 9.17) is 5.11 Å². The van der Waals surface area contributed by atoms with Crippen LogP contribution in [0.3, 0.4) is 0 Å². The Hall–Kier alpha value is 0.0500. The summed E-state index contributed by atoms with van der Waals surface area (Å²) in [5.41, 5.74) is 0. The van der Waals surface area contributed by atoms with Gasteiger partial charge in [-0.3, -0.25) is 0 Å². The van der Waals surface area contributed by atoms with Gasteiger partial charge in [-0.1, -0.05) is 0 Å². The maximum atomic E-state index is 12.5. The van der Waals surface area contributed by atoms with Crippen LogP contribution in [0.1, 0.15) is 25.1 Å². The van der Waals surface area contributed by atoms with Crippen LogP contribution in [0.25, 0.3) is 0 Å². The fraction of sp³-hybridized carbons (Fsp3) is 0.636. The molecular weight excluding hydrogens is 338 g/mol. The molecule has 0 aliphatic heterocycles. The van der Waals surface area contributed by atoms with E-state index in [9.17, 15) is 8.42 Å². The lowest BCUT2D eigenvalue weighted by Crippen LogP contribution is -2.38. The Morgan fingerprint density at radius 1 is 1.50 bits per heavy atom. The molecule has 0 saturated heterocycles. The third-order valence-electron chi connectivity index (χ3n) is 2.54. The second kappa shape index (κ2) is 6.47. The van der Waals surface area contributed by atoms with E-state index in [0.717, 1.165) is 8.66 Å². The molecule has 0 fully saturated rings. The Bertz CT molecular complexity index is 496. The van der Waals surface area contributed by atoms with E-state index in [0.29, 0.717) is 17.9 Å². The Morgan fingerprint density at radius 3 is 2.50 bits per heavy atom. The van der Waals surface area contributed by atoms with Gasteiger partial charge in [0.15, 0.2) is 0 Å². The fourth-order valence-corrected chi connectivity index (χ4v) is 5.76. The summed E-state index contributed by atoms with van der Waals surface area (Å²) in [4.78, 5) is 1.13. The van der Waals surface area contributed by atoms with Gasteiger partial charge in [-0.05, 0) is 49.2 Å². The lowest BCUT2D eigenvalue weighted by Gasteiger charge is -2.25. The summed E-state index contributed by atoms with van der Waals surface area (Å²) < 4.78 is 27.3. The van der Waals surface area contributed by atoms with Crippen molar-refractivity contribution in [2.24, 2.45) is 0 Å². The van der Waals surface area contributed by atoms with E-state index >= 15 is 0 Å². The van der Waals surface area contributed by atoms with Gasteiger partial charge in [0.2, 0.25) is 10.0 Å². The number of aryl methyl sites for hydroxylation is 1. The third-order valence-corrected chi connectivity index (χ3v) is 6.43. The summed E-state index contributed by atoms with van der Waals surface area (Å²) >= 11 is 4.72. The molecule has 7 heteroatoms. The average Bonchev–Trinajstić information content (AvgIpc) is 2.58. The number of sulfonamides is 1. The van der Waals surface area contributed by atoms with E-state index in [2.05, 4.69) is 15.9 Å². The highest BCUT2D eigenvalue weighted by Crippen LogP contribution is 2.32. The molecule has 0 atom stereocenters. The Balaban J connectivity index is 3.13. The minimum atomic E-state index is -3.48. The summed E-state index contributed by atoms with van der Waals surface area (Å²) in [5, 5.41) is 8.86. The van der Waals surface area contributed by atoms with Crippen molar-refractivity contribution in [2.45, 2.75) is 38.1 Å². The van der Waals surface area contributed by atoms with Gasteiger partial charge in [0, 0.05) is 24.1 Å². The zero-order valence-electron chi connectivity index (χ0n) is 10.7. The summed E-state index contributed by atoms with van der Waals surface area (Å²) in [5.74, 6) is 0. The highest BCUT2D eigenvalue weighted by molar-refractivity contribution is 9.11. The molecule has 104 valence electrons. The molecule has 1 rings (SSSR count). The van der Waals surface area contributed by atoms with Crippen LogP contribution in [-0.4, -0.2) is 37.0 Å². The second-order valence-corrected chi connectivity index (χ2v) is 8.75. The predicted octanol–water partition coefficient (Wildman–Crippen LogP) is 2.60. The number of hydrogen-bond donors (Lipinski definition) is 1. The van der Waals surface area contributed by atoms with Crippen LogP contribution in [0, 0.1) is 6.92 Å². The van der Waals surface area contributed by atoms with E-state index in [1.807, 2.05) is 13.8 Å². The third kappa shape index (κ3) is 3.54. The summed E-state index contributed by atoms with van der Waals surface area (Å²) in [7, 11) is -3.48.